The minimum absolute atomic E-state index is 0.0188. The molecule has 0 aliphatic carbocycles. The molecule has 2 nitrogen and oxygen atoms in total. The van der Waals surface area contributed by atoms with E-state index in [0.717, 1.165) is 23.6 Å². The van der Waals surface area contributed by atoms with E-state index in [1.807, 2.05) is 18.2 Å². The molecule has 0 saturated carbocycles. The predicted octanol–water partition coefficient (Wildman–Crippen LogP) is 7.71. The van der Waals surface area contributed by atoms with Crippen molar-refractivity contribution in [3.8, 4) is 16.9 Å². The van der Waals surface area contributed by atoms with Crippen LogP contribution >= 0.6 is 11.6 Å². The maximum atomic E-state index is 13.5. The van der Waals surface area contributed by atoms with Gasteiger partial charge in [0.05, 0.1) is 10.6 Å². The lowest BCUT2D eigenvalue weighted by Gasteiger charge is -2.12. The monoisotopic (exact) mass is 444 g/mol. The van der Waals surface area contributed by atoms with Crippen LogP contribution in [0, 0.1) is 5.82 Å². The molecule has 0 bridgehead atoms. The highest BCUT2D eigenvalue weighted by atomic mass is 35.5. The van der Waals surface area contributed by atoms with Crippen LogP contribution in [0.4, 0.5) is 4.39 Å². The summed E-state index contributed by atoms with van der Waals surface area (Å²) in [7, 11) is 0. The second kappa shape index (κ2) is 9.80. The summed E-state index contributed by atoms with van der Waals surface area (Å²) >= 11 is 5.66. The number of hydrogen-bond acceptors (Lipinski definition) is 2. The van der Waals surface area contributed by atoms with E-state index in [2.05, 4.69) is 55.5 Å². The highest BCUT2D eigenvalue weighted by Gasteiger charge is 2.11. The summed E-state index contributed by atoms with van der Waals surface area (Å²) < 4.78 is 18.8. The average Bonchev–Trinajstić information content (AvgIpc) is 2.82. The van der Waals surface area contributed by atoms with Gasteiger partial charge in [-0.3, -0.25) is 0 Å². The Morgan fingerprint density at radius 3 is 2.12 bits per heavy atom. The SMILES string of the molecule is C[C@H](Cc1ccc(-c2ccc(C(=O)Oc3ccc(Cl)c(F)c3)cc2)cc1)c1ccccc1. The molecule has 1 atom stereocenters. The second-order valence-electron chi connectivity index (χ2n) is 7.76. The summed E-state index contributed by atoms with van der Waals surface area (Å²) in [6.07, 6.45) is 0.973. The van der Waals surface area contributed by atoms with Crippen LogP contribution in [0.1, 0.15) is 34.3 Å². The van der Waals surface area contributed by atoms with Gasteiger partial charge in [-0.05, 0) is 58.9 Å². The van der Waals surface area contributed by atoms with Crippen LogP contribution in [0.2, 0.25) is 5.02 Å². The first-order chi connectivity index (χ1) is 15.5. The fraction of sp³-hybridized carbons (Fsp3) is 0.107. The normalized spacial score (nSPS) is 11.7. The summed E-state index contributed by atoms with van der Waals surface area (Å²) in [5.41, 5.74) is 5.07. The van der Waals surface area contributed by atoms with Crippen LogP contribution < -0.4 is 4.74 Å². The standard InChI is InChI=1S/C28H22ClFO2/c1-19(21-5-3-2-4-6-21)17-20-7-9-22(10-8-20)23-11-13-24(14-12-23)28(31)32-25-15-16-26(29)27(30)18-25/h2-16,18-19H,17H2,1H3/t19-/m1/s1. The fourth-order valence-corrected chi connectivity index (χ4v) is 3.71. The first-order valence-electron chi connectivity index (χ1n) is 10.4. The van der Waals surface area contributed by atoms with Crippen LogP contribution in [-0.2, 0) is 6.42 Å². The summed E-state index contributed by atoms with van der Waals surface area (Å²) in [5.74, 6) is -0.625. The van der Waals surface area contributed by atoms with Gasteiger partial charge in [-0.2, -0.15) is 0 Å². The van der Waals surface area contributed by atoms with Crippen molar-refractivity contribution >= 4 is 17.6 Å². The zero-order chi connectivity index (χ0) is 22.5. The van der Waals surface area contributed by atoms with E-state index in [-0.39, 0.29) is 10.8 Å². The number of benzene rings is 4. The molecule has 0 amide bonds. The third-order valence-electron chi connectivity index (χ3n) is 5.42. The molecule has 0 spiro atoms. The van der Waals surface area contributed by atoms with Crippen molar-refractivity contribution in [3.05, 3.63) is 125 Å². The molecule has 4 aromatic rings. The predicted molar refractivity (Wildman–Crippen MR) is 127 cm³/mol. The molecule has 160 valence electrons. The molecule has 32 heavy (non-hydrogen) atoms. The molecule has 0 N–H and O–H groups in total. The average molecular weight is 445 g/mol. The summed E-state index contributed by atoms with van der Waals surface area (Å²) in [6.45, 7) is 2.24. The van der Waals surface area contributed by atoms with Gasteiger partial charge >= 0.3 is 5.97 Å². The fourth-order valence-electron chi connectivity index (χ4n) is 3.59. The Morgan fingerprint density at radius 2 is 1.50 bits per heavy atom. The van der Waals surface area contributed by atoms with Crippen molar-refractivity contribution in [3.63, 3.8) is 0 Å². The van der Waals surface area contributed by atoms with E-state index in [9.17, 15) is 9.18 Å². The van der Waals surface area contributed by atoms with Gasteiger partial charge in [0.15, 0.2) is 0 Å². The van der Waals surface area contributed by atoms with Crippen molar-refractivity contribution in [2.24, 2.45) is 0 Å². The number of ether oxygens (including phenoxy) is 1. The van der Waals surface area contributed by atoms with E-state index in [4.69, 9.17) is 16.3 Å². The van der Waals surface area contributed by atoms with Crippen molar-refractivity contribution < 1.29 is 13.9 Å². The van der Waals surface area contributed by atoms with Gasteiger partial charge in [-0.25, -0.2) is 9.18 Å². The number of rotatable bonds is 6. The molecule has 0 saturated heterocycles. The first-order valence-corrected chi connectivity index (χ1v) is 10.8. The molecule has 4 rings (SSSR count). The first kappa shape index (κ1) is 21.8. The molecule has 0 radical (unpaired) electrons. The topological polar surface area (TPSA) is 26.3 Å². The molecule has 4 heteroatoms. The van der Waals surface area contributed by atoms with Gasteiger partial charge in [0.25, 0.3) is 0 Å². The quantitative estimate of drug-likeness (QED) is 0.225. The number of carbonyl (C=O) groups is 1. The van der Waals surface area contributed by atoms with Gasteiger partial charge in [0, 0.05) is 6.07 Å². The van der Waals surface area contributed by atoms with Gasteiger partial charge in [0.2, 0.25) is 0 Å². The summed E-state index contributed by atoms with van der Waals surface area (Å²) in [4.78, 5) is 12.3. The lowest BCUT2D eigenvalue weighted by molar-refractivity contribution is 0.0734. The Morgan fingerprint density at radius 1 is 0.875 bits per heavy atom. The Kier molecular flexibility index (Phi) is 6.67. The van der Waals surface area contributed by atoms with Crippen molar-refractivity contribution in [1.82, 2.24) is 0 Å². The zero-order valence-electron chi connectivity index (χ0n) is 17.6. The van der Waals surface area contributed by atoms with Crippen molar-refractivity contribution in [2.45, 2.75) is 19.3 Å². The number of esters is 1. The van der Waals surface area contributed by atoms with Crippen LogP contribution in [0.3, 0.4) is 0 Å². The third kappa shape index (κ3) is 5.24. The molecule has 0 fully saturated rings. The van der Waals surface area contributed by atoms with Gasteiger partial charge in [0.1, 0.15) is 11.6 Å². The Bertz CT molecular complexity index is 1200. The van der Waals surface area contributed by atoms with Crippen LogP contribution in [0.5, 0.6) is 5.75 Å². The molecule has 4 aromatic carbocycles. The molecule has 0 aliphatic heterocycles. The van der Waals surface area contributed by atoms with Crippen molar-refractivity contribution in [1.29, 1.82) is 0 Å². The van der Waals surface area contributed by atoms with Gasteiger partial charge < -0.3 is 4.74 Å². The lowest BCUT2D eigenvalue weighted by atomic mass is 9.93. The van der Waals surface area contributed by atoms with Crippen LogP contribution in [0.15, 0.2) is 97.1 Å². The smallest absolute Gasteiger partial charge is 0.343 e. The largest absolute Gasteiger partial charge is 0.423 e. The molecule has 0 aliphatic rings. The number of carbonyl (C=O) groups excluding carboxylic acids is 1. The Balaban J connectivity index is 1.41. The minimum Gasteiger partial charge on any atom is -0.423 e. The van der Waals surface area contributed by atoms with E-state index in [1.165, 1.54) is 23.3 Å². The van der Waals surface area contributed by atoms with Gasteiger partial charge in [-0.15, -0.1) is 0 Å². The Labute approximate surface area is 192 Å². The summed E-state index contributed by atoms with van der Waals surface area (Å²) in [5, 5.41) is -0.0188. The highest BCUT2D eigenvalue weighted by molar-refractivity contribution is 6.30. The van der Waals surface area contributed by atoms with Crippen LogP contribution in [-0.4, -0.2) is 5.97 Å². The number of halogens is 2. The lowest BCUT2D eigenvalue weighted by Crippen LogP contribution is -2.08. The maximum absolute atomic E-state index is 13.5. The van der Waals surface area contributed by atoms with E-state index < -0.39 is 11.8 Å². The van der Waals surface area contributed by atoms with E-state index in [0.29, 0.717) is 11.5 Å². The maximum Gasteiger partial charge on any atom is 0.343 e. The molecular weight excluding hydrogens is 423 g/mol. The molecule has 0 unspecified atom stereocenters. The van der Waals surface area contributed by atoms with Crippen molar-refractivity contribution in [2.75, 3.05) is 0 Å². The molecule has 0 aromatic heterocycles. The van der Waals surface area contributed by atoms with E-state index >= 15 is 0 Å². The van der Waals surface area contributed by atoms with Crippen LogP contribution in [0.25, 0.3) is 11.1 Å². The second-order valence-corrected chi connectivity index (χ2v) is 8.16. The third-order valence-corrected chi connectivity index (χ3v) is 5.73. The van der Waals surface area contributed by atoms with Gasteiger partial charge in [-0.1, -0.05) is 85.3 Å². The Hall–Kier alpha value is -3.43. The highest BCUT2D eigenvalue weighted by Crippen LogP contribution is 2.25. The summed E-state index contributed by atoms with van der Waals surface area (Å²) in [6, 6.07) is 30.0. The van der Waals surface area contributed by atoms with E-state index in [1.54, 1.807) is 12.1 Å². The minimum atomic E-state index is -0.631. The zero-order valence-corrected chi connectivity index (χ0v) is 18.4. The molecular formula is C28H22ClFO2. The molecule has 0 heterocycles. The number of hydrogen-bond donors (Lipinski definition) is 0.